The maximum atomic E-state index is 12.9. The average molecular weight is 277 g/mol. The highest BCUT2D eigenvalue weighted by Gasteiger charge is 2.50. The van der Waals surface area contributed by atoms with Crippen LogP contribution < -0.4 is 0 Å². The molecule has 7 heteroatoms. The zero-order valence-corrected chi connectivity index (χ0v) is 9.21. The first-order valence-corrected chi connectivity index (χ1v) is 5.32. The van der Waals surface area contributed by atoms with Gasteiger partial charge < -0.3 is 0 Å². The molecule has 0 aliphatic rings. The predicted molar refractivity (Wildman–Crippen MR) is 53.2 cm³/mol. The summed E-state index contributed by atoms with van der Waals surface area (Å²) in [5, 5.41) is 0.348. The van der Waals surface area contributed by atoms with Gasteiger partial charge in [-0.05, 0) is 24.3 Å². The molecule has 0 nitrogen and oxygen atoms in total. The monoisotopic (exact) mass is 276 g/mol. The van der Waals surface area contributed by atoms with Gasteiger partial charge in [-0.2, -0.15) is 8.78 Å². The second-order valence-electron chi connectivity index (χ2n) is 2.86. The Labute approximate surface area is 97.8 Å². The normalized spacial score (nSPS) is 14.2. The smallest absolute Gasteiger partial charge is 0.228 e. The van der Waals surface area contributed by atoms with Crippen molar-refractivity contribution in [3.05, 3.63) is 29.3 Å². The molecule has 0 saturated heterocycles. The third-order valence-electron chi connectivity index (χ3n) is 1.65. The van der Waals surface area contributed by atoms with Gasteiger partial charge in [-0.25, -0.2) is 13.2 Å². The van der Waals surface area contributed by atoms with Gasteiger partial charge in [-0.3, -0.25) is 0 Å². The van der Waals surface area contributed by atoms with Crippen LogP contribution in [0.3, 0.4) is 0 Å². The summed E-state index contributed by atoms with van der Waals surface area (Å²) in [5.74, 6) is -4.66. The second kappa shape index (κ2) is 5.23. The summed E-state index contributed by atoms with van der Waals surface area (Å²) in [6, 6.07) is 5.27. The number of thioether (sulfide) groups is 1. The molecule has 0 spiro atoms. The Kier molecular flexibility index (Phi) is 4.43. The standard InChI is InChI=1S/C9H6ClF5S/c10-5-1-3-6(4-2-5)16-8(13)9(14,15)7(11)12/h1-4,7-8H. The van der Waals surface area contributed by atoms with Crippen molar-refractivity contribution in [2.24, 2.45) is 0 Å². The van der Waals surface area contributed by atoms with E-state index in [0.29, 0.717) is 5.02 Å². The summed E-state index contributed by atoms with van der Waals surface area (Å²) in [6.07, 6.45) is -4.03. The van der Waals surface area contributed by atoms with Crippen molar-refractivity contribution in [1.82, 2.24) is 0 Å². The minimum Gasteiger partial charge on any atom is -0.228 e. The maximum absolute atomic E-state index is 12.9. The number of benzene rings is 1. The third kappa shape index (κ3) is 3.25. The van der Waals surface area contributed by atoms with Crippen molar-refractivity contribution in [3.63, 3.8) is 0 Å². The first-order chi connectivity index (χ1) is 7.34. The van der Waals surface area contributed by atoms with Crippen molar-refractivity contribution in [2.75, 3.05) is 0 Å². The van der Waals surface area contributed by atoms with Crippen molar-refractivity contribution < 1.29 is 22.0 Å². The van der Waals surface area contributed by atoms with Gasteiger partial charge >= 0.3 is 12.3 Å². The molecule has 0 N–H and O–H groups in total. The van der Waals surface area contributed by atoms with E-state index in [1.165, 1.54) is 24.3 Å². The van der Waals surface area contributed by atoms with Crippen LogP contribution in [0.1, 0.15) is 0 Å². The second-order valence-corrected chi connectivity index (χ2v) is 4.42. The average Bonchev–Trinajstić information content (AvgIpc) is 2.21. The number of halogens is 6. The van der Waals surface area contributed by atoms with Gasteiger partial charge in [-0.15, -0.1) is 0 Å². The van der Waals surface area contributed by atoms with E-state index in [0.717, 1.165) is 0 Å². The topological polar surface area (TPSA) is 0 Å². The highest BCUT2D eigenvalue weighted by molar-refractivity contribution is 7.99. The van der Waals surface area contributed by atoms with Gasteiger partial charge in [0.25, 0.3) is 0 Å². The fourth-order valence-electron chi connectivity index (χ4n) is 0.810. The minimum atomic E-state index is -4.66. The van der Waals surface area contributed by atoms with Crippen molar-refractivity contribution >= 4 is 23.4 Å². The Balaban J connectivity index is 2.71. The summed E-state index contributed by atoms with van der Waals surface area (Å²) in [6.45, 7) is 0. The molecule has 1 atom stereocenters. The van der Waals surface area contributed by atoms with E-state index < -0.39 is 17.9 Å². The SMILES string of the molecule is FC(F)C(F)(F)C(F)Sc1ccc(Cl)cc1. The van der Waals surface area contributed by atoms with E-state index >= 15 is 0 Å². The first kappa shape index (κ1) is 13.6. The van der Waals surface area contributed by atoms with Gasteiger partial charge in [0.1, 0.15) is 0 Å². The molecule has 1 unspecified atom stereocenters. The molecule has 0 aliphatic carbocycles. The maximum Gasteiger partial charge on any atom is 0.347 e. The molecular formula is C9H6ClF5S. The number of alkyl halides is 5. The van der Waals surface area contributed by atoms with Gasteiger partial charge in [0, 0.05) is 9.92 Å². The van der Waals surface area contributed by atoms with Crippen LogP contribution in [0.25, 0.3) is 0 Å². The lowest BCUT2D eigenvalue weighted by molar-refractivity contribution is -0.148. The van der Waals surface area contributed by atoms with Crippen LogP contribution in [0.2, 0.25) is 5.02 Å². The van der Waals surface area contributed by atoms with Crippen LogP contribution >= 0.6 is 23.4 Å². The van der Waals surface area contributed by atoms with Crippen LogP contribution in [0, 0.1) is 0 Å². The minimum absolute atomic E-state index is 0.0322. The van der Waals surface area contributed by atoms with Crippen molar-refractivity contribution in [1.29, 1.82) is 0 Å². The lowest BCUT2D eigenvalue weighted by Crippen LogP contribution is -2.35. The summed E-state index contributed by atoms with van der Waals surface area (Å²) in [4.78, 5) is 0.109. The first-order valence-electron chi connectivity index (χ1n) is 4.06. The molecule has 1 aromatic carbocycles. The highest BCUT2D eigenvalue weighted by Crippen LogP contribution is 2.38. The van der Waals surface area contributed by atoms with E-state index in [1.807, 2.05) is 0 Å². The molecule has 0 aromatic heterocycles. The van der Waals surface area contributed by atoms with E-state index in [4.69, 9.17) is 11.6 Å². The Morgan fingerprint density at radius 2 is 1.56 bits per heavy atom. The van der Waals surface area contributed by atoms with Crippen LogP contribution in [0.5, 0.6) is 0 Å². The molecule has 0 heterocycles. The summed E-state index contributed by atoms with van der Waals surface area (Å²) in [5.41, 5.74) is -2.99. The van der Waals surface area contributed by atoms with E-state index in [1.54, 1.807) is 0 Å². The van der Waals surface area contributed by atoms with Gasteiger partial charge in [0.15, 0.2) is 0 Å². The van der Waals surface area contributed by atoms with Gasteiger partial charge in [-0.1, -0.05) is 23.4 Å². The number of hydrogen-bond acceptors (Lipinski definition) is 1. The number of hydrogen-bond donors (Lipinski definition) is 0. The molecule has 0 bridgehead atoms. The Morgan fingerprint density at radius 1 is 1.06 bits per heavy atom. The summed E-state index contributed by atoms with van der Waals surface area (Å²) in [7, 11) is 0. The van der Waals surface area contributed by atoms with Gasteiger partial charge in [0.2, 0.25) is 5.50 Å². The Bertz CT molecular complexity index is 340. The molecule has 1 rings (SSSR count). The van der Waals surface area contributed by atoms with Crippen LogP contribution in [-0.2, 0) is 0 Å². The van der Waals surface area contributed by atoms with Crippen LogP contribution in [0.15, 0.2) is 29.2 Å². The molecule has 0 radical (unpaired) electrons. The fourth-order valence-corrected chi connectivity index (χ4v) is 1.73. The number of rotatable bonds is 4. The quantitative estimate of drug-likeness (QED) is 0.571. The molecule has 16 heavy (non-hydrogen) atoms. The van der Waals surface area contributed by atoms with E-state index in [9.17, 15) is 22.0 Å². The Morgan fingerprint density at radius 3 is 2.00 bits per heavy atom. The van der Waals surface area contributed by atoms with Crippen LogP contribution in [0.4, 0.5) is 22.0 Å². The fraction of sp³-hybridized carbons (Fsp3) is 0.333. The third-order valence-corrected chi connectivity index (χ3v) is 2.96. The molecule has 0 saturated carbocycles. The lowest BCUT2D eigenvalue weighted by atomic mass is 10.4. The van der Waals surface area contributed by atoms with Crippen molar-refractivity contribution in [3.8, 4) is 0 Å². The largest absolute Gasteiger partial charge is 0.347 e. The predicted octanol–water partition coefficient (Wildman–Crippen LogP) is 4.63. The lowest BCUT2D eigenvalue weighted by Gasteiger charge is -2.18. The van der Waals surface area contributed by atoms with Gasteiger partial charge in [0.05, 0.1) is 0 Å². The van der Waals surface area contributed by atoms with E-state index in [2.05, 4.69) is 0 Å². The zero-order valence-electron chi connectivity index (χ0n) is 7.64. The van der Waals surface area contributed by atoms with Crippen LogP contribution in [-0.4, -0.2) is 17.9 Å². The van der Waals surface area contributed by atoms with E-state index in [-0.39, 0.29) is 16.7 Å². The van der Waals surface area contributed by atoms with Crippen molar-refractivity contribution in [2.45, 2.75) is 22.7 Å². The Hall–Kier alpha value is -0.490. The summed E-state index contributed by atoms with van der Waals surface area (Å²) < 4.78 is 61.6. The molecular weight excluding hydrogens is 271 g/mol. The highest BCUT2D eigenvalue weighted by atomic mass is 35.5. The molecule has 1 aromatic rings. The molecule has 90 valence electrons. The molecule has 0 aliphatic heterocycles. The molecule has 0 fully saturated rings. The molecule has 0 amide bonds. The summed E-state index contributed by atoms with van der Waals surface area (Å²) >= 11 is 5.55. The zero-order chi connectivity index (χ0) is 12.3.